The van der Waals surface area contributed by atoms with Crippen LogP contribution in [0, 0.1) is 12.7 Å². The van der Waals surface area contributed by atoms with Crippen LogP contribution in [0.25, 0.3) is 0 Å². The van der Waals surface area contributed by atoms with Crippen molar-refractivity contribution in [3.63, 3.8) is 0 Å². The number of carbonyl (C=O) groups is 2. The first-order valence-corrected chi connectivity index (χ1v) is 13.9. The second-order valence-electron chi connectivity index (χ2n) is 9.50. The zero-order chi connectivity index (χ0) is 27.3. The maximum absolute atomic E-state index is 14.1. The van der Waals surface area contributed by atoms with Crippen LogP contribution in [0.3, 0.4) is 0 Å². The number of nitrogens with one attached hydrogen (secondary N) is 2. The second-order valence-corrected chi connectivity index (χ2v) is 10.3. The standard InChI is InChI=1S/C26H39FN6O4S/c1-19-7-8-20(21(27)17-19)18-37-24-22(23(28)35)25(38-31-24)30-26(36)29-9-5-3-2-4-6-10-32-11-13-33(14-12-32)15-16-34/h7-8,17,34H,2-6,9-16,18H2,1H3,(H2,28,35)(H2,29,30,36). The van der Waals surface area contributed by atoms with Gasteiger partial charge in [-0.05, 0) is 49.5 Å². The minimum atomic E-state index is -0.791. The van der Waals surface area contributed by atoms with E-state index < -0.39 is 17.8 Å². The van der Waals surface area contributed by atoms with Gasteiger partial charge in [-0.3, -0.25) is 15.0 Å². The lowest BCUT2D eigenvalue weighted by Gasteiger charge is -2.34. The van der Waals surface area contributed by atoms with Gasteiger partial charge >= 0.3 is 6.03 Å². The Balaban J connectivity index is 1.31. The first-order valence-electron chi connectivity index (χ1n) is 13.1. The van der Waals surface area contributed by atoms with Gasteiger partial charge in [0.2, 0.25) is 5.88 Å². The van der Waals surface area contributed by atoms with Gasteiger partial charge in [0.25, 0.3) is 5.91 Å². The van der Waals surface area contributed by atoms with Crippen molar-refractivity contribution in [2.24, 2.45) is 5.73 Å². The molecule has 10 nitrogen and oxygen atoms in total. The molecule has 1 fully saturated rings. The van der Waals surface area contributed by atoms with Crippen molar-refractivity contribution in [2.45, 2.75) is 45.6 Å². The molecule has 0 spiro atoms. The number of carbonyl (C=O) groups excluding carboxylic acids is 2. The molecule has 2 heterocycles. The normalized spacial score (nSPS) is 14.4. The van der Waals surface area contributed by atoms with Crippen LogP contribution in [-0.4, -0.2) is 83.6 Å². The molecular weight excluding hydrogens is 511 g/mol. The first-order chi connectivity index (χ1) is 18.4. The maximum Gasteiger partial charge on any atom is 0.319 e. The highest BCUT2D eigenvalue weighted by molar-refractivity contribution is 7.11. The Morgan fingerprint density at radius 2 is 1.79 bits per heavy atom. The summed E-state index contributed by atoms with van der Waals surface area (Å²) in [5.41, 5.74) is 6.56. The molecule has 0 atom stereocenters. The molecule has 210 valence electrons. The van der Waals surface area contributed by atoms with Crippen molar-refractivity contribution < 1.29 is 23.8 Å². The summed E-state index contributed by atoms with van der Waals surface area (Å²) < 4.78 is 23.7. The monoisotopic (exact) mass is 550 g/mol. The Hall–Kier alpha value is -2.80. The zero-order valence-corrected chi connectivity index (χ0v) is 22.8. The quantitative estimate of drug-likeness (QED) is 0.251. The third-order valence-corrected chi connectivity index (χ3v) is 7.27. The van der Waals surface area contributed by atoms with E-state index in [0.717, 1.165) is 88.5 Å². The van der Waals surface area contributed by atoms with Gasteiger partial charge in [-0.1, -0.05) is 31.4 Å². The van der Waals surface area contributed by atoms with Gasteiger partial charge in [-0.15, -0.1) is 0 Å². The molecule has 1 aromatic carbocycles. The lowest BCUT2D eigenvalue weighted by molar-refractivity contribution is 0.0996. The summed E-state index contributed by atoms with van der Waals surface area (Å²) in [5, 5.41) is 14.6. The number of anilines is 1. The number of amides is 3. The Labute approximate surface area is 227 Å². The lowest BCUT2D eigenvalue weighted by Crippen LogP contribution is -2.47. The van der Waals surface area contributed by atoms with Gasteiger partial charge in [0.1, 0.15) is 23.0 Å². The van der Waals surface area contributed by atoms with Crippen LogP contribution < -0.4 is 21.1 Å². The topological polar surface area (TPSA) is 133 Å². The Kier molecular flexibility index (Phi) is 12.2. The SMILES string of the molecule is Cc1ccc(COc2nsc(NC(=O)NCCCCCCCN3CCN(CCO)CC3)c2C(N)=O)c(F)c1. The fourth-order valence-corrected chi connectivity index (χ4v) is 5.05. The summed E-state index contributed by atoms with van der Waals surface area (Å²) >= 11 is 0.882. The molecule has 1 saturated heterocycles. The molecule has 12 heteroatoms. The van der Waals surface area contributed by atoms with E-state index >= 15 is 0 Å². The van der Waals surface area contributed by atoms with E-state index in [9.17, 15) is 14.0 Å². The summed E-state index contributed by atoms with van der Waals surface area (Å²) in [7, 11) is 0. The number of aliphatic hydroxyl groups excluding tert-OH is 1. The Morgan fingerprint density at radius 1 is 1.11 bits per heavy atom. The van der Waals surface area contributed by atoms with E-state index in [-0.39, 0.29) is 29.7 Å². The average Bonchev–Trinajstić information content (AvgIpc) is 3.28. The molecule has 1 aliphatic heterocycles. The molecule has 38 heavy (non-hydrogen) atoms. The molecule has 1 aliphatic rings. The number of aliphatic hydroxyl groups is 1. The van der Waals surface area contributed by atoms with Gasteiger partial charge in [-0.2, -0.15) is 4.37 Å². The number of benzene rings is 1. The molecule has 3 rings (SSSR count). The number of hydrogen-bond acceptors (Lipinski definition) is 8. The summed E-state index contributed by atoms with van der Waals surface area (Å²) in [6.45, 7) is 8.46. The predicted octanol–water partition coefficient (Wildman–Crippen LogP) is 2.95. The van der Waals surface area contributed by atoms with Crippen molar-refractivity contribution in [1.29, 1.82) is 0 Å². The number of ether oxygens (including phenoxy) is 1. The van der Waals surface area contributed by atoms with Crippen molar-refractivity contribution >= 4 is 28.5 Å². The van der Waals surface area contributed by atoms with Crippen LogP contribution in [0.4, 0.5) is 14.2 Å². The maximum atomic E-state index is 14.1. The predicted molar refractivity (Wildman–Crippen MR) is 146 cm³/mol. The number of β-amino-alcohol motifs (C(OH)–C–C–N with tert-alkyl or cyclic N) is 1. The number of primary amides is 1. The van der Waals surface area contributed by atoms with Crippen molar-refractivity contribution in [2.75, 3.05) is 57.7 Å². The van der Waals surface area contributed by atoms with Gasteiger partial charge in [0, 0.05) is 44.8 Å². The van der Waals surface area contributed by atoms with Crippen LogP contribution in [0.2, 0.25) is 0 Å². The molecule has 5 N–H and O–H groups in total. The number of aryl methyl sites for hydroxylation is 1. The van der Waals surface area contributed by atoms with E-state index in [4.69, 9.17) is 15.6 Å². The number of nitrogens with zero attached hydrogens (tertiary/aromatic N) is 3. The highest BCUT2D eigenvalue weighted by Gasteiger charge is 2.22. The third kappa shape index (κ3) is 9.50. The number of hydrogen-bond donors (Lipinski definition) is 4. The van der Waals surface area contributed by atoms with E-state index in [2.05, 4.69) is 24.8 Å². The summed E-state index contributed by atoms with van der Waals surface area (Å²) in [6.07, 6.45) is 5.30. The lowest BCUT2D eigenvalue weighted by atomic mass is 10.1. The zero-order valence-electron chi connectivity index (χ0n) is 22.0. The van der Waals surface area contributed by atoms with Crippen LogP contribution >= 0.6 is 11.5 Å². The minimum Gasteiger partial charge on any atom is -0.471 e. The molecule has 3 amide bonds. The van der Waals surface area contributed by atoms with Gasteiger partial charge < -0.3 is 25.8 Å². The van der Waals surface area contributed by atoms with Gasteiger partial charge in [0.05, 0.1) is 6.61 Å². The number of halogens is 1. The van der Waals surface area contributed by atoms with Crippen molar-refractivity contribution in [1.82, 2.24) is 19.5 Å². The van der Waals surface area contributed by atoms with E-state index in [1.54, 1.807) is 19.1 Å². The molecule has 0 bridgehead atoms. The van der Waals surface area contributed by atoms with E-state index in [1.807, 2.05) is 0 Å². The Morgan fingerprint density at radius 3 is 2.47 bits per heavy atom. The van der Waals surface area contributed by atoms with Gasteiger partial charge in [-0.25, -0.2) is 9.18 Å². The van der Waals surface area contributed by atoms with Crippen LogP contribution in [0.5, 0.6) is 5.88 Å². The summed E-state index contributed by atoms with van der Waals surface area (Å²) in [6, 6.07) is 4.32. The highest BCUT2D eigenvalue weighted by atomic mass is 32.1. The fourth-order valence-electron chi connectivity index (χ4n) is 4.31. The average molecular weight is 551 g/mol. The van der Waals surface area contributed by atoms with Crippen molar-refractivity contribution in [3.05, 3.63) is 40.7 Å². The number of piperazine rings is 1. The molecule has 1 aromatic heterocycles. The van der Waals surface area contributed by atoms with Crippen molar-refractivity contribution in [3.8, 4) is 5.88 Å². The van der Waals surface area contributed by atoms with Crippen LogP contribution in [-0.2, 0) is 6.61 Å². The summed E-state index contributed by atoms with van der Waals surface area (Å²) in [5.74, 6) is -1.24. The molecule has 0 aliphatic carbocycles. The molecule has 2 aromatic rings. The Bertz CT molecular complexity index is 1040. The minimum absolute atomic E-state index is 0.0347. The number of rotatable bonds is 15. The second kappa shape index (κ2) is 15.6. The van der Waals surface area contributed by atoms with E-state index in [0.29, 0.717) is 12.1 Å². The number of aromatic nitrogens is 1. The molecule has 0 saturated carbocycles. The van der Waals surface area contributed by atoms with E-state index in [1.165, 1.54) is 6.07 Å². The number of urea groups is 1. The van der Waals surface area contributed by atoms with Crippen LogP contribution in [0.1, 0.15) is 53.6 Å². The first kappa shape index (κ1) is 29.8. The highest BCUT2D eigenvalue weighted by Crippen LogP contribution is 2.31. The van der Waals surface area contributed by atoms with Crippen LogP contribution in [0.15, 0.2) is 18.2 Å². The summed E-state index contributed by atoms with van der Waals surface area (Å²) in [4.78, 5) is 29.1. The largest absolute Gasteiger partial charge is 0.471 e. The number of nitrogens with two attached hydrogens (primary N) is 1. The molecule has 0 unspecified atom stereocenters. The number of unbranched alkanes of at least 4 members (excludes halogenated alkanes) is 4. The van der Waals surface area contributed by atoms with Gasteiger partial charge in [0.15, 0.2) is 0 Å². The molecular formula is C26H39FN6O4S. The molecule has 0 radical (unpaired) electrons. The fraction of sp³-hybridized carbons (Fsp3) is 0.577. The smallest absolute Gasteiger partial charge is 0.319 e. The third-order valence-electron chi connectivity index (χ3n) is 6.53.